The SMILES string of the molecule is COc1ccc(CCCN2CC(N)CC2=O)cc1. The molecule has 1 aliphatic heterocycles. The van der Waals surface area contributed by atoms with E-state index in [9.17, 15) is 4.79 Å². The van der Waals surface area contributed by atoms with Gasteiger partial charge in [-0.2, -0.15) is 0 Å². The Hall–Kier alpha value is -1.55. The second-order valence-electron chi connectivity index (χ2n) is 4.76. The molecule has 2 N–H and O–H groups in total. The molecule has 4 nitrogen and oxygen atoms in total. The standard InChI is InChI=1S/C14H20N2O2/c1-18-13-6-4-11(5-7-13)3-2-8-16-10-12(15)9-14(16)17/h4-7,12H,2-3,8-10,15H2,1H3. The van der Waals surface area contributed by atoms with Crippen LogP contribution in [-0.2, 0) is 11.2 Å². The highest BCUT2D eigenvalue weighted by Gasteiger charge is 2.25. The minimum atomic E-state index is 0.0264. The van der Waals surface area contributed by atoms with Crippen molar-refractivity contribution in [1.82, 2.24) is 4.90 Å². The van der Waals surface area contributed by atoms with Crippen molar-refractivity contribution in [3.05, 3.63) is 29.8 Å². The molecule has 1 aromatic carbocycles. The molecule has 1 unspecified atom stereocenters. The van der Waals surface area contributed by atoms with Gasteiger partial charge in [-0.3, -0.25) is 4.79 Å². The molecule has 0 aliphatic carbocycles. The van der Waals surface area contributed by atoms with Crippen molar-refractivity contribution < 1.29 is 9.53 Å². The van der Waals surface area contributed by atoms with Crippen LogP contribution in [0, 0.1) is 0 Å². The fourth-order valence-electron chi connectivity index (χ4n) is 2.29. The van der Waals surface area contributed by atoms with Gasteiger partial charge in [-0.25, -0.2) is 0 Å². The summed E-state index contributed by atoms with van der Waals surface area (Å²) in [6.07, 6.45) is 2.45. The van der Waals surface area contributed by atoms with Crippen LogP contribution in [0.5, 0.6) is 5.75 Å². The van der Waals surface area contributed by atoms with E-state index in [-0.39, 0.29) is 11.9 Å². The molecule has 0 spiro atoms. The maximum absolute atomic E-state index is 11.5. The highest BCUT2D eigenvalue weighted by atomic mass is 16.5. The second-order valence-corrected chi connectivity index (χ2v) is 4.76. The Morgan fingerprint density at radius 2 is 2.11 bits per heavy atom. The molecule has 1 heterocycles. The van der Waals surface area contributed by atoms with Gasteiger partial charge in [-0.05, 0) is 30.5 Å². The van der Waals surface area contributed by atoms with Crippen LogP contribution in [0.3, 0.4) is 0 Å². The summed E-state index contributed by atoms with van der Waals surface area (Å²) in [5.41, 5.74) is 7.02. The fourth-order valence-corrected chi connectivity index (χ4v) is 2.29. The van der Waals surface area contributed by atoms with Crippen LogP contribution in [-0.4, -0.2) is 37.0 Å². The first-order valence-electron chi connectivity index (χ1n) is 6.35. The van der Waals surface area contributed by atoms with Gasteiger partial charge < -0.3 is 15.4 Å². The van der Waals surface area contributed by atoms with Crippen LogP contribution < -0.4 is 10.5 Å². The molecule has 0 aromatic heterocycles. The normalized spacial score (nSPS) is 19.3. The fraction of sp³-hybridized carbons (Fsp3) is 0.500. The molecular formula is C14H20N2O2. The van der Waals surface area contributed by atoms with Crippen LogP contribution >= 0.6 is 0 Å². The molecule has 1 atom stereocenters. The number of carbonyl (C=O) groups excluding carboxylic acids is 1. The van der Waals surface area contributed by atoms with Crippen LogP contribution in [0.4, 0.5) is 0 Å². The molecule has 1 aromatic rings. The minimum Gasteiger partial charge on any atom is -0.497 e. The first-order chi connectivity index (χ1) is 8.69. The Bertz CT molecular complexity index is 403. The Morgan fingerprint density at radius 3 is 2.67 bits per heavy atom. The van der Waals surface area contributed by atoms with Crippen molar-refractivity contribution in [2.75, 3.05) is 20.2 Å². The molecule has 1 fully saturated rings. The molecular weight excluding hydrogens is 228 g/mol. The van der Waals surface area contributed by atoms with Crippen molar-refractivity contribution in [2.24, 2.45) is 5.73 Å². The zero-order valence-corrected chi connectivity index (χ0v) is 10.8. The average Bonchev–Trinajstić information content (AvgIpc) is 2.69. The third-order valence-electron chi connectivity index (χ3n) is 3.30. The topological polar surface area (TPSA) is 55.6 Å². The average molecular weight is 248 g/mol. The van der Waals surface area contributed by atoms with E-state index in [1.807, 2.05) is 17.0 Å². The number of benzene rings is 1. The Morgan fingerprint density at radius 1 is 1.39 bits per heavy atom. The van der Waals surface area contributed by atoms with Crippen LogP contribution in [0.1, 0.15) is 18.4 Å². The summed E-state index contributed by atoms with van der Waals surface area (Å²) in [4.78, 5) is 13.4. The molecule has 1 saturated heterocycles. The molecule has 0 saturated carbocycles. The lowest BCUT2D eigenvalue weighted by molar-refractivity contribution is -0.127. The van der Waals surface area contributed by atoms with E-state index in [0.29, 0.717) is 13.0 Å². The Kier molecular flexibility index (Phi) is 4.20. The number of carbonyl (C=O) groups is 1. The van der Waals surface area contributed by atoms with Crippen molar-refractivity contribution in [3.8, 4) is 5.75 Å². The van der Waals surface area contributed by atoms with Crippen LogP contribution in [0.15, 0.2) is 24.3 Å². The zero-order chi connectivity index (χ0) is 13.0. The third-order valence-corrected chi connectivity index (χ3v) is 3.30. The summed E-state index contributed by atoms with van der Waals surface area (Å²) >= 11 is 0. The number of methoxy groups -OCH3 is 1. The van der Waals surface area contributed by atoms with Gasteiger partial charge in [0.1, 0.15) is 5.75 Å². The van der Waals surface area contributed by atoms with Gasteiger partial charge in [-0.1, -0.05) is 12.1 Å². The number of likely N-dealkylation sites (tertiary alicyclic amines) is 1. The van der Waals surface area contributed by atoms with Gasteiger partial charge in [0.05, 0.1) is 7.11 Å². The van der Waals surface area contributed by atoms with Crippen molar-refractivity contribution >= 4 is 5.91 Å². The van der Waals surface area contributed by atoms with E-state index in [0.717, 1.165) is 25.1 Å². The number of nitrogens with two attached hydrogens (primary N) is 1. The number of hydrogen-bond donors (Lipinski definition) is 1. The molecule has 1 aliphatic rings. The highest BCUT2D eigenvalue weighted by molar-refractivity contribution is 5.79. The summed E-state index contributed by atoms with van der Waals surface area (Å²) in [5.74, 6) is 1.07. The molecule has 98 valence electrons. The monoisotopic (exact) mass is 248 g/mol. The largest absolute Gasteiger partial charge is 0.497 e. The highest BCUT2D eigenvalue weighted by Crippen LogP contribution is 2.14. The van der Waals surface area contributed by atoms with E-state index in [1.54, 1.807) is 7.11 Å². The molecule has 1 amide bonds. The number of amides is 1. The van der Waals surface area contributed by atoms with Crippen molar-refractivity contribution in [2.45, 2.75) is 25.3 Å². The quantitative estimate of drug-likeness (QED) is 0.851. The number of hydrogen-bond acceptors (Lipinski definition) is 3. The van der Waals surface area contributed by atoms with Gasteiger partial charge in [0.15, 0.2) is 0 Å². The van der Waals surface area contributed by atoms with Crippen molar-refractivity contribution in [3.63, 3.8) is 0 Å². The third kappa shape index (κ3) is 3.23. The lowest BCUT2D eigenvalue weighted by Crippen LogP contribution is -2.29. The van der Waals surface area contributed by atoms with E-state index in [4.69, 9.17) is 10.5 Å². The summed E-state index contributed by atoms with van der Waals surface area (Å²) in [6.45, 7) is 1.51. The number of ether oxygens (including phenoxy) is 1. The summed E-state index contributed by atoms with van der Waals surface area (Å²) in [6, 6.07) is 8.09. The van der Waals surface area contributed by atoms with E-state index < -0.39 is 0 Å². The maximum atomic E-state index is 11.5. The minimum absolute atomic E-state index is 0.0264. The van der Waals surface area contributed by atoms with Gasteiger partial charge >= 0.3 is 0 Å². The van der Waals surface area contributed by atoms with Crippen LogP contribution in [0.25, 0.3) is 0 Å². The molecule has 0 radical (unpaired) electrons. The summed E-state index contributed by atoms with van der Waals surface area (Å²) in [7, 11) is 1.66. The zero-order valence-electron chi connectivity index (χ0n) is 10.8. The van der Waals surface area contributed by atoms with Crippen LogP contribution in [0.2, 0.25) is 0 Å². The molecule has 2 rings (SSSR count). The van der Waals surface area contributed by atoms with Crippen molar-refractivity contribution in [1.29, 1.82) is 0 Å². The van der Waals surface area contributed by atoms with Gasteiger partial charge in [0, 0.05) is 25.6 Å². The molecule has 4 heteroatoms. The van der Waals surface area contributed by atoms with Gasteiger partial charge in [0.2, 0.25) is 5.91 Å². The number of rotatable bonds is 5. The lowest BCUT2D eigenvalue weighted by Gasteiger charge is -2.15. The second kappa shape index (κ2) is 5.87. The predicted octanol–water partition coefficient (Wildman–Crippen LogP) is 1.19. The first kappa shape index (κ1) is 12.9. The van der Waals surface area contributed by atoms with Gasteiger partial charge in [-0.15, -0.1) is 0 Å². The van der Waals surface area contributed by atoms with E-state index in [2.05, 4.69) is 12.1 Å². The first-order valence-corrected chi connectivity index (χ1v) is 6.35. The van der Waals surface area contributed by atoms with E-state index in [1.165, 1.54) is 5.56 Å². The lowest BCUT2D eigenvalue weighted by atomic mass is 10.1. The Labute approximate surface area is 108 Å². The summed E-state index contributed by atoms with van der Waals surface area (Å²) < 4.78 is 5.11. The van der Waals surface area contributed by atoms with E-state index >= 15 is 0 Å². The Balaban J connectivity index is 1.76. The number of aryl methyl sites for hydroxylation is 1. The number of nitrogens with zero attached hydrogens (tertiary/aromatic N) is 1. The molecule has 0 bridgehead atoms. The molecule has 18 heavy (non-hydrogen) atoms. The smallest absolute Gasteiger partial charge is 0.224 e. The van der Waals surface area contributed by atoms with Gasteiger partial charge in [0.25, 0.3) is 0 Å². The summed E-state index contributed by atoms with van der Waals surface area (Å²) in [5, 5.41) is 0. The predicted molar refractivity (Wildman–Crippen MR) is 70.5 cm³/mol. The maximum Gasteiger partial charge on any atom is 0.224 e.